The third-order valence-corrected chi connectivity index (χ3v) is 3.72. The predicted octanol–water partition coefficient (Wildman–Crippen LogP) is 2.80. The van der Waals surface area contributed by atoms with Crippen molar-refractivity contribution in [3.8, 4) is 0 Å². The van der Waals surface area contributed by atoms with Gasteiger partial charge in [0.2, 0.25) is 0 Å². The molecule has 3 nitrogen and oxygen atoms in total. The van der Waals surface area contributed by atoms with Gasteiger partial charge in [0.25, 0.3) is 0 Å². The van der Waals surface area contributed by atoms with Crippen molar-refractivity contribution in [3.63, 3.8) is 0 Å². The molecule has 0 aliphatic carbocycles. The Morgan fingerprint density at radius 3 is 2.56 bits per heavy atom. The summed E-state index contributed by atoms with van der Waals surface area (Å²) in [6.07, 6.45) is 0.886. The Morgan fingerprint density at radius 2 is 1.94 bits per heavy atom. The number of benzene rings is 1. The van der Waals surface area contributed by atoms with Gasteiger partial charge in [0.05, 0.1) is 12.2 Å². The van der Waals surface area contributed by atoms with Crippen LogP contribution in [0.5, 0.6) is 0 Å². The molecular weight excluding hydrogens is 290 g/mol. The minimum absolute atomic E-state index is 0.803. The Kier molecular flexibility index (Phi) is 4.19. The molecule has 1 N–H and O–H groups in total. The molecule has 0 bridgehead atoms. The Bertz CT molecular complexity index is 529. The molecule has 0 atom stereocenters. The molecule has 0 aliphatic heterocycles. The van der Waals surface area contributed by atoms with Crippen LogP contribution < -0.4 is 5.32 Å². The molecule has 96 valence electrons. The molecule has 1 aromatic carbocycles. The Labute approximate surface area is 116 Å². The summed E-state index contributed by atoms with van der Waals surface area (Å²) in [6, 6.07) is 8.41. The maximum atomic E-state index is 4.71. The summed E-state index contributed by atoms with van der Waals surface area (Å²) < 4.78 is 3.27. The van der Waals surface area contributed by atoms with Crippen molar-refractivity contribution < 1.29 is 0 Å². The van der Waals surface area contributed by atoms with E-state index in [1.165, 1.54) is 11.3 Å². The minimum Gasteiger partial charge on any atom is -0.334 e. The number of nitrogens with one attached hydrogen (secondary N) is 1. The fourth-order valence-electron chi connectivity index (χ4n) is 1.98. The van der Waals surface area contributed by atoms with Gasteiger partial charge in [0, 0.05) is 23.6 Å². The third-order valence-electron chi connectivity index (χ3n) is 3.19. The molecule has 2 rings (SSSR count). The molecule has 0 saturated heterocycles. The normalized spacial score (nSPS) is 10.9. The highest BCUT2D eigenvalue weighted by Gasteiger charge is 2.10. The highest BCUT2D eigenvalue weighted by Crippen LogP contribution is 2.16. The van der Waals surface area contributed by atoms with Crippen molar-refractivity contribution in [1.29, 1.82) is 0 Å². The van der Waals surface area contributed by atoms with Gasteiger partial charge in [-0.1, -0.05) is 28.1 Å². The molecule has 18 heavy (non-hydrogen) atoms. The first-order valence-electron chi connectivity index (χ1n) is 6.02. The fourth-order valence-corrected chi connectivity index (χ4v) is 2.24. The number of halogens is 1. The van der Waals surface area contributed by atoms with Gasteiger partial charge in [0.15, 0.2) is 0 Å². The summed E-state index contributed by atoms with van der Waals surface area (Å²) in [6.45, 7) is 2.93. The van der Waals surface area contributed by atoms with Gasteiger partial charge in [0.1, 0.15) is 5.82 Å². The van der Waals surface area contributed by atoms with E-state index in [0.717, 1.165) is 29.0 Å². The SMILES string of the molecule is CNCc1nc(Cc2ccc(Br)cc2)c(C)n1C. The van der Waals surface area contributed by atoms with E-state index >= 15 is 0 Å². The van der Waals surface area contributed by atoms with Crippen LogP contribution in [0.25, 0.3) is 0 Å². The lowest BCUT2D eigenvalue weighted by Gasteiger charge is -2.02. The van der Waals surface area contributed by atoms with Crippen LogP contribution in [-0.2, 0) is 20.0 Å². The average molecular weight is 308 g/mol. The first-order chi connectivity index (χ1) is 8.61. The van der Waals surface area contributed by atoms with Gasteiger partial charge in [-0.3, -0.25) is 0 Å². The van der Waals surface area contributed by atoms with Crippen LogP contribution >= 0.6 is 15.9 Å². The topological polar surface area (TPSA) is 29.9 Å². The Hall–Kier alpha value is -1.13. The highest BCUT2D eigenvalue weighted by atomic mass is 79.9. The molecule has 0 spiro atoms. The molecule has 0 saturated carbocycles. The Balaban J connectivity index is 2.23. The first-order valence-corrected chi connectivity index (χ1v) is 6.81. The lowest BCUT2D eigenvalue weighted by atomic mass is 10.1. The van der Waals surface area contributed by atoms with Crippen LogP contribution in [0.15, 0.2) is 28.7 Å². The van der Waals surface area contributed by atoms with E-state index in [0.29, 0.717) is 0 Å². The summed E-state index contributed by atoms with van der Waals surface area (Å²) in [4.78, 5) is 4.71. The number of hydrogen-bond donors (Lipinski definition) is 1. The minimum atomic E-state index is 0.803. The molecule has 0 fully saturated rings. The first kappa shape index (κ1) is 13.3. The predicted molar refractivity (Wildman–Crippen MR) is 77.7 cm³/mol. The maximum Gasteiger partial charge on any atom is 0.122 e. The van der Waals surface area contributed by atoms with Crippen molar-refractivity contribution >= 4 is 15.9 Å². The summed E-state index contributed by atoms with van der Waals surface area (Å²) in [5.41, 5.74) is 3.68. The maximum absolute atomic E-state index is 4.71. The van der Waals surface area contributed by atoms with Gasteiger partial charge >= 0.3 is 0 Å². The molecule has 0 amide bonds. The van der Waals surface area contributed by atoms with Crippen molar-refractivity contribution in [2.75, 3.05) is 7.05 Å². The quantitative estimate of drug-likeness (QED) is 0.941. The molecular formula is C14H18BrN3. The lowest BCUT2D eigenvalue weighted by molar-refractivity contribution is 0.700. The van der Waals surface area contributed by atoms with Crippen molar-refractivity contribution in [2.24, 2.45) is 7.05 Å². The third kappa shape index (κ3) is 2.82. The largest absolute Gasteiger partial charge is 0.334 e. The van der Waals surface area contributed by atoms with Gasteiger partial charge in [-0.25, -0.2) is 4.98 Å². The molecule has 0 aliphatic rings. The monoisotopic (exact) mass is 307 g/mol. The van der Waals surface area contributed by atoms with E-state index in [9.17, 15) is 0 Å². The average Bonchev–Trinajstić information content (AvgIpc) is 2.61. The molecule has 0 radical (unpaired) electrons. The molecule has 1 heterocycles. The second-order valence-corrected chi connectivity index (χ2v) is 5.37. The van der Waals surface area contributed by atoms with Gasteiger partial charge in [-0.05, 0) is 31.7 Å². The smallest absolute Gasteiger partial charge is 0.122 e. The highest BCUT2D eigenvalue weighted by molar-refractivity contribution is 9.10. The molecule has 1 aromatic heterocycles. The van der Waals surface area contributed by atoms with E-state index < -0.39 is 0 Å². The van der Waals surface area contributed by atoms with Crippen molar-refractivity contribution in [2.45, 2.75) is 19.9 Å². The van der Waals surface area contributed by atoms with Crippen LogP contribution in [0.3, 0.4) is 0 Å². The summed E-state index contributed by atoms with van der Waals surface area (Å²) in [5, 5.41) is 3.15. The standard InChI is InChI=1S/C14H18BrN3/c1-10-13(17-14(9-16-2)18(10)3)8-11-4-6-12(15)7-5-11/h4-7,16H,8-9H2,1-3H3. The van der Waals surface area contributed by atoms with E-state index in [-0.39, 0.29) is 0 Å². The lowest BCUT2D eigenvalue weighted by Crippen LogP contribution is -2.10. The summed E-state index contributed by atoms with van der Waals surface area (Å²) in [7, 11) is 4.01. The van der Waals surface area contributed by atoms with Crippen LogP contribution in [0.2, 0.25) is 0 Å². The van der Waals surface area contributed by atoms with Gasteiger partial charge < -0.3 is 9.88 Å². The van der Waals surface area contributed by atoms with E-state index in [1.807, 2.05) is 7.05 Å². The summed E-state index contributed by atoms with van der Waals surface area (Å²) >= 11 is 3.45. The zero-order valence-corrected chi connectivity index (χ0v) is 12.6. The molecule has 4 heteroatoms. The second kappa shape index (κ2) is 5.67. The number of hydrogen-bond acceptors (Lipinski definition) is 2. The van der Waals surface area contributed by atoms with Crippen LogP contribution in [0, 0.1) is 6.92 Å². The second-order valence-electron chi connectivity index (χ2n) is 4.45. The van der Waals surface area contributed by atoms with Gasteiger partial charge in [-0.15, -0.1) is 0 Å². The van der Waals surface area contributed by atoms with Crippen molar-refractivity contribution in [3.05, 3.63) is 51.5 Å². The number of imidazole rings is 1. The molecule has 0 unspecified atom stereocenters. The van der Waals surface area contributed by atoms with Crippen LogP contribution in [0.4, 0.5) is 0 Å². The summed E-state index contributed by atoms with van der Waals surface area (Å²) in [5.74, 6) is 1.09. The van der Waals surface area contributed by atoms with Crippen molar-refractivity contribution in [1.82, 2.24) is 14.9 Å². The van der Waals surface area contributed by atoms with E-state index in [1.54, 1.807) is 0 Å². The van der Waals surface area contributed by atoms with Gasteiger partial charge in [-0.2, -0.15) is 0 Å². The van der Waals surface area contributed by atoms with Crippen LogP contribution in [-0.4, -0.2) is 16.6 Å². The fraction of sp³-hybridized carbons (Fsp3) is 0.357. The zero-order valence-electron chi connectivity index (χ0n) is 11.0. The zero-order chi connectivity index (χ0) is 13.1. The Morgan fingerprint density at radius 1 is 1.28 bits per heavy atom. The number of aromatic nitrogens is 2. The van der Waals surface area contributed by atoms with E-state index in [4.69, 9.17) is 4.98 Å². The molecule has 2 aromatic rings. The van der Waals surface area contributed by atoms with Crippen LogP contribution in [0.1, 0.15) is 22.8 Å². The number of nitrogens with zero attached hydrogens (tertiary/aromatic N) is 2. The number of rotatable bonds is 4. The van der Waals surface area contributed by atoms with E-state index in [2.05, 4.69) is 64.1 Å².